The minimum Gasteiger partial charge on any atom is -0.507 e. The number of aromatic hydroxyl groups is 1. The maximum absolute atomic E-state index is 13.5. The number of benzene rings is 2. The molecule has 1 N–H and O–H groups in total. The van der Waals surface area contributed by atoms with E-state index in [1.807, 2.05) is 0 Å². The zero-order valence-electron chi connectivity index (χ0n) is 10.2. The van der Waals surface area contributed by atoms with Crippen LogP contribution in [0.25, 0.3) is 0 Å². The van der Waals surface area contributed by atoms with Gasteiger partial charge >= 0.3 is 6.18 Å². The van der Waals surface area contributed by atoms with Crippen LogP contribution in [0.5, 0.6) is 5.75 Å². The van der Waals surface area contributed by atoms with Gasteiger partial charge in [-0.25, -0.2) is 8.78 Å². The highest BCUT2D eigenvalue weighted by molar-refractivity contribution is 6.11. The van der Waals surface area contributed by atoms with Crippen molar-refractivity contribution in [3.63, 3.8) is 0 Å². The number of hydrogen-bond acceptors (Lipinski definition) is 2. The maximum Gasteiger partial charge on any atom is 0.419 e. The fourth-order valence-corrected chi connectivity index (χ4v) is 1.78. The second-order valence-corrected chi connectivity index (χ2v) is 4.13. The Balaban J connectivity index is 2.57. The number of carbonyl (C=O) groups is 1. The monoisotopic (exact) mass is 302 g/mol. The predicted octanol–water partition coefficient (Wildman–Crippen LogP) is 3.92. The Bertz CT molecular complexity index is 707. The first-order valence-electron chi connectivity index (χ1n) is 5.61. The lowest BCUT2D eigenvalue weighted by Crippen LogP contribution is -2.10. The van der Waals surface area contributed by atoms with Gasteiger partial charge in [-0.2, -0.15) is 13.2 Å². The summed E-state index contributed by atoms with van der Waals surface area (Å²) >= 11 is 0. The Morgan fingerprint density at radius 1 is 0.952 bits per heavy atom. The van der Waals surface area contributed by atoms with Crippen molar-refractivity contribution in [3.05, 3.63) is 64.7 Å². The van der Waals surface area contributed by atoms with Crippen molar-refractivity contribution in [2.45, 2.75) is 6.18 Å². The number of carbonyl (C=O) groups excluding carboxylic acids is 1. The Morgan fingerprint density at radius 3 is 2.14 bits per heavy atom. The Kier molecular flexibility index (Phi) is 3.67. The summed E-state index contributed by atoms with van der Waals surface area (Å²) in [5, 5.41) is 9.56. The zero-order chi connectivity index (χ0) is 15.8. The highest BCUT2D eigenvalue weighted by atomic mass is 19.4. The van der Waals surface area contributed by atoms with Crippen molar-refractivity contribution in [2.75, 3.05) is 0 Å². The average molecular weight is 302 g/mol. The van der Waals surface area contributed by atoms with Crippen LogP contribution >= 0.6 is 0 Å². The number of hydrogen-bond donors (Lipinski definition) is 1. The number of phenols is 1. The first-order valence-corrected chi connectivity index (χ1v) is 5.61. The fourth-order valence-electron chi connectivity index (χ4n) is 1.78. The van der Waals surface area contributed by atoms with Gasteiger partial charge in [0.1, 0.15) is 5.75 Å². The number of alkyl halides is 3. The zero-order valence-corrected chi connectivity index (χ0v) is 10.2. The number of halogens is 5. The lowest BCUT2D eigenvalue weighted by Gasteiger charge is -2.12. The molecule has 0 aliphatic heterocycles. The maximum atomic E-state index is 13.5. The van der Waals surface area contributed by atoms with Crippen molar-refractivity contribution in [1.29, 1.82) is 0 Å². The molecule has 0 bridgehead atoms. The molecule has 0 saturated carbocycles. The van der Waals surface area contributed by atoms with Crippen LogP contribution in [0.3, 0.4) is 0 Å². The fraction of sp³-hybridized carbons (Fsp3) is 0.0714. The van der Waals surface area contributed by atoms with E-state index in [4.69, 9.17) is 0 Å². The SMILES string of the molecule is O=C(c1cccc(C(F)(F)F)c1O)c1cccc(F)c1F. The largest absolute Gasteiger partial charge is 0.507 e. The summed E-state index contributed by atoms with van der Waals surface area (Å²) in [6.07, 6.45) is -4.87. The lowest BCUT2D eigenvalue weighted by molar-refractivity contribution is -0.138. The van der Waals surface area contributed by atoms with Crippen molar-refractivity contribution in [1.82, 2.24) is 0 Å². The Morgan fingerprint density at radius 2 is 1.52 bits per heavy atom. The highest BCUT2D eigenvalue weighted by Crippen LogP contribution is 2.38. The number of para-hydroxylation sites is 1. The normalized spacial score (nSPS) is 11.5. The van der Waals surface area contributed by atoms with Crippen LogP contribution in [-0.4, -0.2) is 10.9 Å². The van der Waals surface area contributed by atoms with E-state index in [2.05, 4.69) is 0 Å². The third-order valence-corrected chi connectivity index (χ3v) is 2.78. The molecule has 0 heterocycles. The molecule has 0 fully saturated rings. The van der Waals surface area contributed by atoms with E-state index in [1.54, 1.807) is 0 Å². The molecule has 0 aromatic heterocycles. The van der Waals surface area contributed by atoms with E-state index in [-0.39, 0.29) is 0 Å². The van der Waals surface area contributed by atoms with Gasteiger partial charge in [0.15, 0.2) is 17.4 Å². The third-order valence-electron chi connectivity index (χ3n) is 2.78. The molecule has 7 heteroatoms. The van der Waals surface area contributed by atoms with Crippen molar-refractivity contribution in [2.24, 2.45) is 0 Å². The van der Waals surface area contributed by atoms with Crippen molar-refractivity contribution < 1.29 is 31.9 Å². The van der Waals surface area contributed by atoms with Gasteiger partial charge in [-0.15, -0.1) is 0 Å². The van der Waals surface area contributed by atoms with Crippen LogP contribution in [0.4, 0.5) is 22.0 Å². The minimum atomic E-state index is -4.87. The summed E-state index contributed by atoms with van der Waals surface area (Å²) in [5.41, 5.74) is -2.94. The molecule has 2 aromatic rings. The summed E-state index contributed by atoms with van der Waals surface area (Å²) in [6, 6.07) is 5.09. The molecule has 0 aliphatic rings. The number of phenolic OH excluding ortho intramolecular Hbond substituents is 1. The van der Waals surface area contributed by atoms with Gasteiger partial charge in [-0.05, 0) is 24.3 Å². The average Bonchev–Trinajstić information content (AvgIpc) is 2.40. The Labute approximate surface area is 115 Å². The molecule has 0 saturated heterocycles. The van der Waals surface area contributed by atoms with Crippen molar-refractivity contribution in [3.8, 4) is 5.75 Å². The predicted molar refractivity (Wildman–Crippen MR) is 62.9 cm³/mol. The molecular formula is C14H7F5O2. The summed E-state index contributed by atoms with van der Waals surface area (Å²) in [7, 11) is 0. The quantitative estimate of drug-likeness (QED) is 0.674. The second-order valence-electron chi connectivity index (χ2n) is 4.13. The third kappa shape index (κ3) is 2.72. The van der Waals surface area contributed by atoms with Gasteiger partial charge in [-0.3, -0.25) is 4.79 Å². The van der Waals surface area contributed by atoms with Gasteiger partial charge in [0.25, 0.3) is 0 Å². The van der Waals surface area contributed by atoms with E-state index >= 15 is 0 Å². The van der Waals surface area contributed by atoms with Gasteiger partial charge in [0, 0.05) is 0 Å². The summed E-state index contributed by atoms with van der Waals surface area (Å²) < 4.78 is 64.5. The molecule has 0 atom stereocenters. The van der Waals surface area contributed by atoms with Gasteiger partial charge in [0.2, 0.25) is 0 Å². The van der Waals surface area contributed by atoms with E-state index in [0.29, 0.717) is 6.07 Å². The van der Waals surface area contributed by atoms with Crippen molar-refractivity contribution >= 4 is 5.78 Å². The minimum absolute atomic E-state index is 0.577. The van der Waals surface area contributed by atoms with Crippen LogP contribution in [-0.2, 0) is 6.18 Å². The Hall–Kier alpha value is -2.44. The summed E-state index contributed by atoms with van der Waals surface area (Å²) in [5.74, 6) is -5.36. The van der Waals surface area contributed by atoms with Gasteiger partial charge in [0.05, 0.1) is 16.7 Å². The molecule has 2 aromatic carbocycles. The highest BCUT2D eigenvalue weighted by Gasteiger charge is 2.35. The molecule has 0 unspecified atom stereocenters. The lowest BCUT2D eigenvalue weighted by atomic mass is 9.99. The van der Waals surface area contributed by atoms with E-state index < -0.39 is 46.0 Å². The molecule has 2 nitrogen and oxygen atoms in total. The van der Waals surface area contributed by atoms with Crippen LogP contribution < -0.4 is 0 Å². The first kappa shape index (κ1) is 15.0. The van der Waals surface area contributed by atoms with Gasteiger partial charge in [-0.1, -0.05) is 12.1 Å². The van der Waals surface area contributed by atoms with E-state index in [9.17, 15) is 31.9 Å². The molecule has 0 amide bonds. The smallest absolute Gasteiger partial charge is 0.419 e. The number of rotatable bonds is 2. The molecule has 21 heavy (non-hydrogen) atoms. The van der Waals surface area contributed by atoms with E-state index in [0.717, 1.165) is 30.3 Å². The molecule has 110 valence electrons. The van der Waals surface area contributed by atoms with Crippen LogP contribution in [0, 0.1) is 11.6 Å². The first-order chi connectivity index (χ1) is 9.73. The molecule has 0 spiro atoms. The van der Waals surface area contributed by atoms with Crippen LogP contribution in [0.1, 0.15) is 21.5 Å². The summed E-state index contributed by atoms with van der Waals surface area (Å²) in [4.78, 5) is 12.0. The number of ketones is 1. The molecule has 0 radical (unpaired) electrons. The van der Waals surface area contributed by atoms with Crippen LogP contribution in [0.15, 0.2) is 36.4 Å². The molecular weight excluding hydrogens is 295 g/mol. The standard InChI is InChI=1S/C14H7F5O2/c15-10-6-2-3-7(11(10)16)12(20)8-4-1-5-9(13(8)21)14(17,18)19/h1-6,21H. The molecule has 0 aliphatic carbocycles. The second kappa shape index (κ2) is 5.16. The topological polar surface area (TPSA) is 37.3 Å². The molecule has 2 rings (SSSR count). The van der Waals surface area contributed by atoms with Crippen LogP contribution in [0.2, 0.25) is 0 Å². The van der Waals surface area contributed by atoms with E-state index in [1.165, 1.54) is 0 Å². The van der Waals surface area contributed by atoms with Gasteiger partial charge < -0.3 is 5.11 Å². The summed E-state index contributed by atoms with van der Waals surface area (Å²) in [6.45, 7) is 0.